The molecule has 0 spiro atoms. The van der Waals surface area contributed by atoms with Crippen LogP contribution in [0.4, 0.5) is 0 Å². The average molecular weight is 549 g/mol. The van der Waals surface area contributed by atoms with Crippen molar-refractivity contribution in [2.75, 3.05) is 0 Å². The minimum Gasteiger partial charge on any atom is -0.455 e. The quantitative estimate of drug-likeness (QED) is 0.206. The fraction of sp³-hybridized carbons (Fsp3) is 0. The van der Waals surface area contributed by atoms with Gasteiger partial charge in [-0.15, -0.1) is 0 Å². The fourth-order valence-electron chi connectivity index (χ4n) is 6.61. The van der Waals surface area contributed by atoms with E-state index in [2.05, 4.69) is 120 Å². The molecule has 0 N–H and O–H groups in total. The van der Waals surface area contributed by atoms with Crippen LogP contribution in [-0.4, -0.2) is 9.97 Å². The third-order valence-electron chi connectivity index (χ3n) is 8.51. The Bertz CT molecular complexity index is 2450. The molecule has 0 fully saturated rings. The van der Waals surface area contributed by atoms with E-state index >= 15 is 0 Å². The maximum Gasteiger partial charge on any atom is 0.143 e. The van der Waals surface area contributed by atoms with Crippen LogP contribution in [0.5, 0.6) is 0 Å². The van der Waals surface area contributed by atoms with Crippen LogP contribution >= 0.6 is 0 Å². The first-order valence-electron chi connectivity index (χ1n) is 14.5. The molecular weight excluding hydrogens is 524 g/mol. The maximum atomic E-state index is 6.44. The highest BCUT2D eigenvalue weighted by Crippen LogP contribution is 2.45. The summed E-state index contributed by atoms with van der Waals surface area (Å²) in [5.41, 5.74) is 8.01. The standard InChI is InChI=1S/C40H24N2O/c1-2-11-27-25(10-1)19-21-32-33-24-26(20-22-37(33)43-40(27)32)38-28-12-3-5-14-30(28)39(31-15-6-4-13-29(31)38)36-18-9-17-35(42-36)34-16-7-8-23-41-34/h1-24H. The number of rotatable bonds is 3. The van der Waals surface area contributed by atoms with Crippen LogP contribution in [0.3, 0.4) is 0 Å². The Balaban J connectivity index is 1.33. The maximum absolute atomic E-state index is 6.44. The van der Waals surface area contributed by atoms with Crippen molar-refractivity contribution in [1.29, 1.82) is 0 Å². The molecule has 3 heteroatoms. The van der Waals surface area contributed by atoms with Gasteiger partial charge in [-0.05, 0) is 80.5 Å². The minimum absolute atomic E-state index is 0.861. The summed E-state index contributed by atoms with van der Waals surface area (Å²) in [5.74, 6) is 0. The van der Waals surface area contributed by atoms with E-state index in [1.165, 1.54) is 32.5 Å². The van der Waals surface area contributed by atoms with Gasteiger partial charge in [0.05, 0.1) is 17.1 Å². The second-order valence-electron chi connectivity index (χ2n) is 10.9. The number of fused-ring (bicyclic) bond motifs is 7. The monoisotopic (exact) mass is 548 g/mol. The Labute approximate surface area is 247 Å². The van der Waals surface area contributed by atoms with E-state index in [-0.39, 0.29) is 0 Å². The van der Waals surface area contributed by atoms with Crippen molar-refractivity contribution < 1.29 is 4.42 Å². The molecule has 0 saturated heterocycles. The number of pyridine rings is 2. The Kier molecular flexibility index (Phi) is 5.20. The number of hydrogen-bond donors (Lipinski definition) is 0. The van der Waals surface area contributed by atoms with E-state index in [1.54, 1.807) is 0 Å². The molecule has 9 rings (SSSR count). The summed E-state index contributed by atoms with van der Waals surface area (Å²) in [6.07, 6.45) is 1.81. The average Bonchev–Trinajstić information content (AvgIpc) is 3.46. The molecule has 0 aliphatic rings. The Hall–Kier alpha value is -5.80. The Morgan fingerprint density at radius 2 is 1.07 bits per heavy atom. The van der Waals surface area contributed by atoms with Gasteiger partial charge in [0.2, 0.25) is 0 Å². The van der Waals surface area contributed by atoms with Gasteiger partial charge in [-0.1, -0.05) is 97.1 Å². The first-order chi connectivity index (χ1) is 21.3. The van der Waals surface area contributed by atoms with Crippen LogP contribution in [0.2, 0.25) is 0 Å². The van der Waals surface area contributed by atoms with Crippen LogP contribution < -0.4 is 0 Å². The van der Waals surface area contributed by atoms with Gasteiger partial charge in [-0.2, -0.15) is 0 Å². The molecule has 0 atom stereocenters. The molecule has 3 heterocycles. The van der Waals surface area contributed by atoms with E-state index in [4.69, 9.17) is 9.40 Å². The normalized spacial score (nSPS) is 11.7. The highest BCUT2D eigenvalue weighted by molar-refractivity contribution is 6.22. The minimum atomic E-state index is 0.861. The zero-order valence-electron chi connectivity index (χ0n) is 23.2. The van der Waals surface area contributed by atoms with E-state index in [1.807, 2.05) is 30.5 Å². The van der Waals surface area contributed by atoms with Gasteiger partial charge >= 0.3 is 0 Å². The van der Waals surface area contributed by atoms with Crippen LogP contribution in [0.15, 0.2) is 150 Å². The zero-order chi connectivity index (χ0) is 28.3. The van der Waals surface area contributed by atoms with Gasteiger partial charge in [0.1, 0.15) is 11.2 Å². The second kappa shape index (κ2) is 9.37. The Morgan fingerprint density at radius 1 is 0.419 bits per heavy atom. The van der Waals surface area contributed by atoms with Gasteiger partial charge in [-0.25, -0.2) is 4.98 Å². The molecule has 43 heavy (non-hydrogen) atoms. The molecule has 3 nitrogen and oxygen atoms in total. The smallest absolute Gasteiger partial charge is 0.143 e. The first-order valence-corrected chi connectivity index (χ1v) is 14.5. The van der Waals surface area contributed by atoms with Crippen molar-refractivity contribution >= 4 is 54.3 Å². The summed E-state index contributed by atoms with van der Waals surface area (Å²) >= 11 is 0. The van der Waals surface area contributed by atoms with Crippen molar-refractivity contribution in [3.8, 4) is 33.8 Å². The van der Waals surface area contributed by atoms with Crippen molar-refractivity contribution in [1.82, 2.24) is 9.97 Å². The molecule has 3 aromatic heterocycles. The third kappa shape index (κ3) is 3.68. The summed E-state index contributed by atoms with van der Waals surface area (Å²) in [4.78, 5) is 9.68. The predicted octanol–water partition coefficient (Wildman–Crippen LogP) is 10.8. The van der Waals surface area contributed by atoms with Crippen LogP contribution in [0, 0.1) is 0 Å². The highest BCUT2D eigenvalue weighted by Gasteiger charge is 2.19. The van der Waals surface area contributed by atoms with Crippen molar-refractivity contribution in [3.05, 3.63) is 146 Å². The molecule has 6 aromatic carbocycles. The Morgan fingerprint density at radius 3 is 1.81 bits per heavy atom. The van der Waals surface area contributed by atoms with Gasteiger partial charge in [0.25, 0.3) is 0 Å². The zero-order valence-corrected chi connectivity index (χ0v) is 23.2. The SMILES string of the molecule is c1ccc(-c2cccc(-c3c4ccccc4c(-c4ccc5oc6c7ccccc7ccc6c5c4)c4ccccc34)n2)nc1. The molecule has 0 amide bonds. The summed E-state index contributed by atoms with van der Waals surface area (Å²) in [5, 5.41) is 9.31. The highest BCUT2D eigenvalue weighted by atomic mass is 16.3. The third-order valence-corrected chi connectivity index (χ3v) is 8.51. The largest absolute Gasteiger partial charge is 0.455 e. The van der Waals surface area contributed by atoms with Gasteiger partial charge in [0.15, 0.2) is 0 Å². The predicted molar refractivity (Wildman–Crippen MR) is 178 cm³/mol. The first kappa shape index (κ1) is 23.9. The summed E-state index contributed by atoms with van der Waals surface area (Å²) in [6, 6.07) is 48.9. The van der Waals surface area contributed by atoms with Crippen molar-refractivity contribution in [2.45, 2.75) is 0 Å². The molecule has 0 unspecified atom stereocenters. The van der Waals surface area contributed by atoms with Crippen LogP contribution in [0.25, 0.3) is 88.0 Å². The van der Waals surface area contributed by atoms with E-state index in [0.29, 0.717) is 0 Å². The summed E-state index contributed by atoms with van der Waals surface area (Å²) in [6.45, 7) is 0. The lowest BCUT2D eigenvalue weighted by Gasteiger charge is -2.17. The lowest BCUT2D eigenvalue weighted by molar-refractivity contribution is 0.672. The number of nitrogens with zero attached hydrogens (tertiary/aromatic N) is 2. The van der Waals surface area contributed by atoms with Crippen LogP contribution in [0.1, 0.15) is 0 Å². The number of furan rings is 1. The van der Waals surface area contributed by atoms with Crippen LogP contribution in [-0.2, 0) is 0 Å². The fourth-order valence-corrected chi connectivity index (χ4v) is 6.61. The van der Waals surface area contributed by atoms with Crippen molar-refractivity contribution in [3.63, 3.8) is 0 Å². The molecular formula is C40H24N2O. The van der Waals surface area contributed by atoms with E-state index in [9.17, 15) is 0 Å². The lowest BCUT2D eigenvalue weighted by atomic mass is 9.87. The molecule has 0 aliphatic carbocycles. The lowest BCUT2D eigenvalue weighted by Crippen LogP contribution is -1.94. The molecule has 0 aliphatic heterocycles. The van der Waals surface area contributed by atoms with Gasteiger partial charge in [-0.3, -0.25) is 4.98 Å². The molecule has 0 saturated carbocycles. The van der Waals surface area contributed by atoms with E-state index < -0.39 is 0 Å². The van der Waals surface area contributed by atoms with E-state index in [0.717, 1.165) is 55.5 Å². The summed E-state index contributed by atoms with van der Waals surface area (Å²) < 4.78 is 6.44. The number of aromatic nitrogens is 2. The second-order valence-corrected chi connectivity index (χ2v) is 10.9. The topological polar surface area (TPSA) is 38.9 Å². The molecule has 0 radical (unpaired) electrons. The summed E-state index contributed by atoms with van der Waals surface area (Å²) in [7, 11) is 0. The molecule has 0 bridgehead atoms. The van der Waals surface area contributed by atoms with Crippen molar-refractivity contribution in [2.24, 2.45) is 0 Å². The number of benzene rings is 6. The molecule has 200 valence electrons. The van der Waals surface area contributed by atoms with Gasteiger partial charge in [0, 0.05) is 27.9 Å². The number of hydrogen-bond acceptors (Lipinski definition) is 3. The van der Waals surface area contributed by atoms with Gasteiger partial charge < -0.3 is 4.42 Å². The molecule has 9 aromatic rings.